The molecule has 0 fully saturated rings. The summed E-state index contributed by atoms with van der Waals surface area (Å²) in [5.41, 5.74) is 0. The third-order valence-electron chi connectivity index (χ3n) is 2.42. The monoisotopic (exact) mass is 235 g/mol. The van der Waals surface area contributed by atoms with Crippen LogP contribution in [0.2, 0.25) is 0 Å². The van der Waals surface area contributed by atoms with E-state index >= 15 is 0 Å². The Balaban J connectivity index is 3.83. The highest BCUT2D eigenvalue weighted by Crippen LogP contribution is 2.05. The Labute approximate surface area is 94.6 Å². The molecule has 1 atom stereocenters. The van der Waals surface area contributed by atoms with Crippen LogP contribution < -0.4 is 5.32 Å². The third kappa shape index (κ3) is 8.88. The summed E-state index contributed by atoms with van der Waals surface area (Å²) in [4.78, 5) is 0. The van der Waals surface area contributed by atoms with Crippen molar-refractivity contribution in [1.82, 2.24) is 5.32 Å². The normalized spacial score (nSPS) is 14.5. The van der Waals surface area contributed by atoms with E-state index in [9.17, 15) is 8.42 Å². The molecule has 0 spiro atoms. The molecule has 0 amide bonds. The van der Waals surface area contributed by atoms with Gasteiger partial charge < -0.3 is 5.32 Å². The van der Waals surface area contributed by atoms with Crippen molar-refractivity contribution in [2.24, 2.45) is 5.92 Å². The second kappa shape index (κ2) is 7.23. The van der Waals surface area contributed by atoms with Crippen LogP contribution in [0.1, 0.15) is 40.5 Å². The molecule has 0 aliphatic heterocycles. The molecule has 4 heteroatoms. The minimum atomic E-state index is -2.83. The number of hydrogen-bond donors (Lipinski definition) is 1. The van der Waals surface area contributed by atoms with E-state index in [-0.39, 0.29) is 0 Å². The summed E-state index contributed by atoms with van der Waals surface area (Å²) in [5.74, 6) is 1.11. The molecule has 0 heterocycles. The Bertz CT molecular complexity index is 247. The van der Waals surface area contributed by atoms with Gasteiger partial charge in [0.2, 0.25) is 0 Å². The second-order valence-corrected chi connectivity index (χ2v) is 6.89. The first-order valence-corrected chi connectivity index (χ1v) is 7.63. The molecule has 0 saturated carbocycles. The first kappa shape index (κ1) is 14.9. The molecule has 0 radical (unpaired) electrons. The fraction of sp³-hybridized carbons (Fsp3) is 1.00. The van der Waals surface area contributed by atoms with E-state index in [2.05, 4.69) is 19.2 Å². The average Bonchev–Trinajstić information content (AvgIpc) is 2.13. The van der Waals surface area contributed by atoms with Crippen molar-refractivity contribution in [3.63, 3.8) is 0 Å². The van der Waals surface area contributed by atoms with Crippen molar-refractivity contribution in [2.45, 2.75) is 46.6 Å². The lowest BCUT2D eigenvalue weighted by Crippen LogP contribution is -2.28. The second-order valence-electron chi connectivity index (χ2n) is 4.58. The molecule has 0 saturated heterocycles. The van der Waals surface area contributed by atoms with Crippen molar-refractivity contribution < 1.29 is 8.42 Å². The summed E-state index contributed by atoms with van der Waals surface area (Å²) in [6.45, 7) is 9.06. The van der Waals surface area contributed by atoms with Crippen molar-refractivity contribution in [3.05, 3.63) is 0 Å². The maximum absolute atomic E-state index is 11.6. The van der Waals surface area contributed by atoms with Crippen LogP contribution in [0.15, 0.2) is 0 Å². The maximum Gasteiger partial charge on any atom is 0.150 e. The molecule has 92 valence electrons. The average molecular weight is 235 g/mol. The molecule has 0 aliphatic rings. The molecule has 0 aromatic heterocycles. The molecule has 0 aromatic carbocycles. The zero-order valence-electron chi connectivity index (χ0n) is 10.4. The summed E-state index contributed by atoms with van der Waals surface area (Å²) in [6.07, 6.45) is 1.49. The largest absolute Gasteiger partial charge is 0.314 e. The fourth-order valence-corrected chi connectivity index (χ4v) is 3.07. The van der Waals surface area contributed by atoms with Gasteiger partial charge in [-0.05, 0) is 32.2 Å². The number of nitrogens with one attached hydrogen (secondary N) is 1. The summed E-state index contributed by atoms with van der Waals surface area (Å²) in [7, 11) is -2.83. The molecule has 0 bridgehead atoms. The lowest BCUT2D eigenvalue weighted by Gasteiger charge is -2.12. The Morgan fingerprint density at radius 1 is 1.07 bits per heavy atom. The highest BCUT2D eigenvalue weighted by molar-refractivity contribution is 7.91. The van der Waals surface area contributed by atoms with Crippen LogP contribution in [-0.4, -0.2) is 32.5 Å². The molecule has 15 heavy (non-hydrogen) atoms. The molecule has 0 aliphatic carbocycles. The number of hydrogen-bond acceptors (Lipinski definition) is 3. The lowest BCUT2D eigenvalue weighted by atomic mass is 10.2. The van der Waals surface area contributed by atoms with Crippen molar-refractivity contribution in [2.75, 3.05) is 18.1 Å². The van der Waals surface area contributed by atoms with Crippen LogP contribution in [-0.2, 0) is 9.84 Å². The van der Waals surface area contributed by atoms with Gasteiger partial charge in [-0.1, -0.05) is 20.8 Å². The van der Waals surface area contributed by atoms with E-state index in [4.69, 9.17) is 0 Å². The summed E-state index contributed by atoms with van der Waals surface area (Å²) >= 11 is 0. The van der Waals surface area contributed by atoms with Crippen molar-refractivity contribution in [1.29, 1.82) is 0 Å². The standard InChI is InChI=1S/C11H25NO2S/c1-5-12-11(4)7-9-15(13,14)8-6-10(2)3/h10-12H,5-9H2,1-4H3. The van der Waals surface area contributed by atoms with Gasteiger partial charge >= 0.3 is 0 Å². The minimum absolute atomic E-state index is 0.295. The Hall–Kier alpha value is -0.0900. The van der Waals surface area contributed by atoms with E-state index in [1.54, 1.807) is 0 Å². The van der Waals surface area contributed by atoms with Gasteiger partial charge in [0.25, 0.3) is 0 Å². The molecule has 3 nitrogen and oxygen atoms in total. The van der Waals surface area contributed by atoms with Crippen molar-refractivity contribution >= 4 is 9.84 Å². The SMILES string of the molecule is CCNC(C)CCS(=O)(=O)CCC(C)C. The molecule has 1 N–H and O–H groups in total. The predicted molar refractivity (Wildman–Crippen MR) is 65.9 cm³/mol. The number of sulfone groups is 1. The lowest BCUT2D eigenvalue weighted by molar-refractivity contribution is 0.536. The molecule has 1 unspecified atom stereocenters. The van der Waals surface area contributed by atoms with Crippen LogP contribution in [0.4, 0.5) is 0 Å². The Kier molecular flexibility index (Phi) is 7.18. The van der Waals surface area contributed by atoms with Gasteiger partial charge in [-0.15, -0.1) is 0 Å². The van der Waals surface area contributed by atoms with Gasteiger partial charge in [0.15, 0.2) is 0 Å². The van der Waals surface area contributed by atoms with Crippen molar-refractivity contribution in [3.8, 4) is 0 Å². The van der Waals surface area contributed by atoms with E-state index in [0.717, 1.165) is 13.0 Å². The van der Waals surface area contributed by atoms with Crippen LogP contribution in [0.5, 0.6) is 0 Å². The van der Waals surface area contributed by atoms with Gasteiger partial charge in [0, 0.05) is 6.04 Å². The van der Waals surface area contributed by atoms with E-state index in [1.807, 2.05) is 13.8 Å². The van der Waals surface area contributed by atoms with Crippen LogP contribution in [0, 0.1) is 5.92 Å². The zero-order valence-corrected chi connectivity index (χ0v) is 11.2. The van der Waals surface area contributed by atoms with E-state index in [1.165, 1.54) is 0 Å². The highest BCUT2D eigenvalue weighted by atomic mass is 32.2. The zero-order chi connectivity index (χ0) is 11.9. The van der Waals surface area contributed by atoms with Gasteiger partial charge in [0.05, 0.1) is 11.5 Å². The minimum Gasteiger partial charge on any atom is -0.314 e. The summed E-state index contributed by atoms with van der Waals surface area (Å²) < 4.78 is 23.2. The van der Waals surface area contributed by atoms with E-state index in [0.29, 0.717) is 29.9 Å². The highest BCUT2D eigenvalue weighted by Gasteiger charge is 2.13. The van der Waals surface area contributed by atoms with Gasteiger partial charge in [-0.25, -0.2) is 8.42 Å². The topological polar surface area (TPSA) is 46.2 Å². The van der Waals surface area contributed by atoms with Gasteiger partial charge in [0.1, 0.15) is 9.84 Å². The smallest absolute Gasteiger partial charge is 0.150 e. The molecular weight excluding hydrogens is 210 g/mol. The molecular formula is C11H25NO2S. The number of rotatable bonds is 8. The quantitative estimate of drug-likeness (QED) is 0.698. The first-order chi connectivity index (χ1) is 6.87. The maximum atomic E-state index is 11.6. The van der Waals surface area contributed by atoms with Crippen LogP contribution >= 0.6 is 0 Å². The Morgan fingerprint density at radius 3 is 2.07 bits per heavy atom. The third-order valence-corrected chi connectivity index (χ3v) is 4.14. The van der Waals surface area contributed by atoms with Crippen LogP contribution in [0.25, 0.3) is 0 Å². The Morgan fingerprint density at radius 2 is 1.60 bits per heavy atom. The summed E-state index contributed by atoms with van der Waals surface area (Å²) in [6, 6.07) is 0.295. The first-order valence-electron chi connectivity index (χ1n) is 5.81. The fourth-order valence-electron chi connectivity index (χ4n) is 1.32. The summed E-state index contributed by atoms with van der Waals surface area (Å²) in [5, 5.41) is 3.22. The van der Waals surface area contributed by atoms with Gasteiger partial charge in [-0.2, -0.15) is 0 Å². The van der Waals surface area contributed by atoms with Gasteiger partial charge in [-0.3, -0.25) is 0 Å². The van der Waals surface area contributed by atoms with Crippen LogP contribution in [0.3, 0.4) is 0 Å². The molecule has 0 rings (SSSR count). The molecule has 0 aromatic rings. The van der Waals surface area contributed by atoms with E-state index < -0.39 is 9.84 Å². The predicted octanol–water partition coefficient (Wildman–Crippen LogP) is 1.84.